The van der Waals surface area contributed by atoms with Gasteiger partial charge in [0, 0.05) is 88.1 Å². The molecule has 416 valence electrons. The van der Waals surface area contributed by atoms with Gasteiger partial charge in [-0.1, -0.05) is 200 Å². The number of benzene rings is 12. The van der Waals surface area contributed by atoms with E-state index in [9.17, 15) is 0 Å². The van der Waals surface area contributed by atoms with Gasteiger partial charge in [0.05, 0.1) is 44.5 Å². The van der Waals surface area contributed by atoms with Crippen LogP contribution in [0.4, 0.5) is 0 Å². The van der Waals surface area contributed by atoms with E-state index in [1.165, 1.54) is 21.5 Å². The van der Waals surface area contributed by atoms with Crippen molar-refractivity contribution in [1.29, 1.82) is 0 Å². The normalized spacial score (nSPS) is 14.5. The van der Waals surface area contributed by atoms with E-state index in [0.717, 1.165) is 133 Å². The highest BCUT2D eigenvalue weighted by atomic mass is 16.5. The molecule has 2 aliphatic rings. The summed E-state index contributed by atoms with van der Waals surface area (Å²) in [5.41, 5.74) is 19.2. The second-order valence-corrected chi connectivity index (χ2v) is 23.3. The lowest BCUT2D eigenvalue weighted by Gasteiger charge is -2.21. The van der Waals surface area contributed by atoms with Crippen LogP contribution in [0.3, 0.4) is 0 Å². The van der Waals surface area contributed by atoms with E-state index < -0.39 is 0 Å². The molecule has 0 bridgehead atoms. The third kappa shape index (κ3) is 7.57. The van der Waals surface area contributed by atoms with Crippen molar-refractivity contribution in [3.05, 3.63) is 297 Å². The Labute approximate surface area is 510 Å². The first-order valence-corrected chi connectivity index (χ1v) is 30.3. The minimum absolute atomic E-state index is 0.0633. The molecule has 0 radical (unpaired) electrons. The van der Waals surface area contributed by atoms with Crippen LogP contribution in [0.1, 0.15) is 11.5 Å². The van der Waals surface area contributed by atoms with Crippen molar-refractivity contribution in [2.75, 3.05) is 0 Å². The van der Waals surface area contributed by atoms with Gasteiger partial charge in [-0.15, -0.1) is 0 Å². The molecule has 17 aromatic rings. The smallest absolute Gasteiger partial charge is 0.164 e. The molecule has 0 spiro atoms. The van der Waals surface area contributed by atoms with Crippen LogP contribution in [0.2, 0.25) is 0 Å². The predicted octanol–water partition coefficient (Wildman–Crippen LogP) is 20.4. The molecule has 89 heavy (non-hydrogen) atoms. The quantitative estimate of drug-likeness (QED) is 0.152. The standard InChI is InChI=1S/C81H50N6O2/c1-3-20-49(21-4-1)64-44-53(81-83-79(51-38-41-61-59-28-11-17-36-73(59)88-75(61)46-51)82-80(84-81)52-39-42-62-60-29-12-18-37-74(60)89-76(62)47-52)45-65(50-22-5-2-6-23-50)78(64)87-71-35-19-34-70(86-68-32-15-9-26-57(68)58-27-10-16-33-69(58)86)77(71)63-43-40-54(48-72(63)87)85-66-30-13-7-24-55(66)56-25-8-14-31-67(56)85/h1-48,59,73H. The first kappa shape index (κ1) is 49.4. The fourth-order valence-electron chi connectivity index (χ4n) is 14.5. The molecule has 0 N–H and O–H groups in total. The summed E-state index contributed by atoms with van der Waals surface area (Å²) in [5.74, 6) is 2.56. The van der Waals surface area contributed by atoms with Gasteiger partial charge in [-0.3, -0.25) is 0 Å². The summed E-state index contributed by atoms with van der Waals surface area (Å²) in [7, 11) is 0. The Morgan fingerprint density at radius 1 is 0.326 bits per heavy atom. The minimum atomic E-state index is -0.0633. The number of para-hydroxylation sites is 5. The largest absolute Gasteiger partial charge is 0.485 e. The third-order valence-corrected chi connectivity index (χ3v) is 18.4. The van der Waals surface area contributed by atoms with E-state index in [0.29, 0.717) is 17.5 Å². The Morgan fingerprint density at radius 3 is 1.49 bits per heavy atom. The van der Waals surface area contributed by atoms with Gasteiger partial charge in [0.15, 0.2) is 17.5 Å². The maximum atomic E-state index is 6.62. The van der Waals surface area contributed by atoms with E-state index in [-0.39, 0.29) is 12.0 Å². The Morgan fingerprint density at radius 2 is 0.843 bits per heavy atom. The highest BCUT2D eigenvalue weighted by Crippen LogP contribution is 2.48. The Bertz CT molecular complexity index is 5700. The first-order chi connectivity index (χ1) is 44.1. The second-order valence-electron chi connectivity index (χ2n) is 23.3. The van der Waals surface area contributed by atoms with Crippen molar-refractivity contribution in [1.82, 2.24) is 28.7 Å². The molecule has 1 aliphatic heterocycles. The van der Waals surface area contributed by atoms with Gasteiger partial charge in [0.1, 0.15) is 23.0 Å². The minimum Gasteiger partial charge on any atom is -0.485 e. The maximum Gasteiger partial charge on any atom is 0.164 e. The topological polar surface area (TPSA) is 75.8 Å². The van der Waals surface area contributed by atoms with Crippen molar-refractivity contribution in [2.45, 2.75) is 12.0 Å². The van der Waals surface area contributed by atoms with E-state index in [2.05, 4.69) is 287 Å². The van der Waals surface area contributed by atoms with Gasteiger partial charge in [0.2, 0.25) is 0 Å². The Balaban J connectivity index is 0.911. The van der Waals surface area contributed by atoms with Crippen LogP contribution in [-0.2, 0) is 0 Å². The third-order valence-electron chi connectivity index (χ3n) is 18.4. The fourth-order valence-corrected chi connectivity index (χ4v) is 14.5. The summed E-state index contributed by atoms with van der Waals surface area (Å²) in [6.45, 7) is 0. The van der Waals surface area contributed by atoms with Gasteiger partial charge >= 0.3 is 0 Å². The summed E-state index contributed by atoms with van der Waals surface area (Å²) >= 11 is 0. The van der Waals surface area contributed by atoms with E-state index in [1.807, 2.05) is 18.2 Å². The number of aromatic nitrogens is 6. The van der Waals surface area contributed by atoms with E-state index in [1.54, 1.807) is 0 Å². The second kappa shape index (κ2) is 19.3. The molecule has 0 saturated carbocycles. The molecule has 0 fully saturated rings. The molecule has 19 rings (SSSR count). The predicted molar refractivity (Wildman–Crippen MR) is 363 cm³/mol. The van der Waals surface area contributed by atoms with Crippen LogP contribution < -0.4 is 4.74 Å². The molecule has 6 heterocycles. The summed E-state index contributed by atoms with van der Waals surface area (Å²) in [4.78, 5) is 16.4. The summed E-state index contributed by atoms with van der Waals surface area (Å²) in [5, 5.41) is 9.20. The summed E-state index contributed by atoms with van der Waals surface area (Å²) in [6.07, 6.45) is 8.45. The highest BCUT2D eigenvalue weighted by Gasteiger charge is 2.33. The maximum absolute atomic E-state index is 6.62. The molecular formula is C81H50N6O2. The Kier molecular flexibility index (Phi) is 10.7. The molecule has 1 aliphatic carbocycles. The van der Waals surface area contributed by atoms with Gasteiger partial charge in [-0.2, -0.15) is 0 Å². The molecule has 5 aromatic heterocycles. The van der Waals surface area contributed by atoms with Gasteiger partial charge in [-0.25, -0.2) is 15.0 Å². The average molecular weight is 1140 g/mol. The van der Waals surface area contributed by atoms with Crippen LogP contribution in [0.5, 0.6) is 5.75 Å². The van der Waals surface area contributed by atoms with Crippen LogP contribution in [0, 0.1) is 0 Å². The molecule has 2 atom stereocenters. The monoisotopic (exact) mass is 1140 g/mol. The zero-order valence-corrected chi connectivity index (χ0v) is 47.9. The molecule has 12 aromatic carbocycles. The van der Waals surface area contributed by atoms with E-state index >= 15 is 0 Å². The van der Waals surface area contributed by atoms with Gasteiger partial charge in [0.25, 0.3) is 0 Å². The number of allylic oxidation sites excluding steroid dienone is 2. The zero-order chi connectivity index (χ0) is 58.3. The summed E-state index contributed by atoms with van der Waals surface area (Å²) in [6, 6.07) is 96.0. The number of hydrogen-bond acceptors (Lipinski definition) is 5. The lowest BCUT2D eigenvalue weighted by Crippen LogP contribution is -2.15. The molecule has 0 amide bonds. The number of hydrogen-bond donors (Lipinski definition) is 0. The highest BCUT2D eigenvalue weighted by molar-refractivity contribution is 6.18. The molecule has 2 unspecified atom stereocenters. The molecule has 8 nitrogen and oxygen atoms in total. The van der Waals surface area contributed by atoms with Crippen molar-refractivity contribution >= 4 is 87.4 Å². The number of furan rings is 1. The average Bonchev–Trinajstić information content (AvgIpc) is 2.35. The Hall–Kier alpha value is -11.9. The number of ether oxygens (including phenoxy) is 1. The first-order valence-electron chi connectivity index (χ1n) is 30.3. The molecule has 0 saturated heterocycles. The van der Waals surface area contributed by atoms with Crippen LogP contribution >= 0.6 is 0 Å². The van der Waals surface area contributed by atoms with Crippen LogP contribution in [0.25, 0.3) is 161 Å². The zero-order valence-electron chi connectivity index (χ0n) is 47.9. The van der Waals surface area contributed by atoms with Crippen LogP contribution in [0.15, 0.2) is 296 Å². The van der Waals surface area contributed by atoms with Crippen molar-refractivity contribution < 1.29 is 9.15 Å². The lowest BCUT2D eigenvalue weighted by molar-refractivity contribution is 0.269. The lowest BCUT2D eigenvalue weighted by atomic mass is 9.91. The number of nitrogens with zero attached hydrogens (tertiary/aromatic N) is 6. The van der Waals surface area contributed by atoms with Gasteiger partial charge in [-0.05, 0) is 102 Å². The summed E-state index contributed by atoms with van der Waals surface area (Å²) < 4.78 is 20.6. The van der Waals surface area contributed by atoms with Crippen molar-refractivity contribution in [3.63, 3.8) is 0 Å². The molecular weight excluding hydrogens is 1090 g/mol. The molecule has 8 heteroatoms. The van der Waals surface area contributed by atoms with E-state index in [4.69, 9.17) is 24.1 Å². The number of fused-ring (bicyclic) bond motifs is 15. The number of rotatable bonds is 8. The van der Waals surface area contributed by atoms with Crippen LogP contribution in [-0.4, -0.2) is 34.8 Å². The SMILES string of the molecule is C1=CC2Oc3cc(-c4nc(-c5cc(-c6ccccc6)c(-n6c7cc(-n8c9ccccc9c9ccccc98)ccc7c7c(-n8c9ccccc9c9ccccc98)cccc76)c(-c6ccccc6)c5)nc(-c5ccc6c(c5)oc5ccccc56)n4)ccc3C2C=C1. The van der Waals surface area contributed by atoms with Gasteiger partial charge < -0.3 is 22.9 Å². The fraction of sp³-hybridized carbons (Fsp3) is 0.0247. The van der Waals surface area contributed by atoms with Crippen molar-refractivity contribution in [2.24, 2.45) is 0 Å². The van der Waals surface area contributed by atoms with Crippen molar-refractivity contribution in [3.8, 4) is 79.2 Å².